The predicted molar refractivity (Wildman–Crippen MR) is 93.0 cm³/mol. The highest BCUT2D eigenvalue weighted by molar-refractivity contribution is 6.06. The van der Waals surface area contributed by atoms with E-state index in [1.54, 1.807) is 6.07 Å². The van der Waals surface area contributed by atoms with Crippen LogP contribution in [0.5, 0.6) is 5.75 Å². The van der Waals surface area contributed by atoms with Gasteiger partial charge in [0.25, 0.3) is 5.91 Å². The van der Waals surface area contributed by atoms with Crippen molar-refractivity contribution >= 4 is 11.6 Å². The number of halogens is 1. The number of phenols is 1. The molecule has 132 valence electrons. The van der Waals surface area contributed by atoms with Crippen LogP contribution in [0, 0.1) is 5.82 Å². The van der Waals surface area contributed by atoms with Gasteiger partial charge in [0.2, 0.25) is 0 Å². The minimum Gasteiger partial charge on any atom is -0.507 e. The Morgan fingerprint density at radius 2 is 1.92 bits per heavy atom. The first-order chi connectivity index (χ1) is 12.0. The Hall–Kier alpha value is -2.44. The Morgan fingerprint density at radius 3 is 2.68 bits per heavy atom. The van der Waals surface area contributed by atoms with Crippen molar-refractivity contribution in [1.82, 2.24) is 4.90 Å². The standard InChI is InChI=1S/C19H21FN2O3/c20-14-5-6-18(24)16(11-14)19(25)21-17-4-2-1-3-13(17)12-22-9-7-15(23)8-10-22/h1-6,11,15,23-24H,7-10,12H2,(H,21,25). The Bertz CT molecular complexity index is 758. The minimum absolute atomic E-state index is 0.101. The number of anilines is 1. The summed E-state index contributed by atoms with van der Waals surface area (Å²) in [5.41, 5.74) is 1.46. The smallest absolute Gasteiger partial charge is 0.259 e. The van der Waals surface area contributed by atoms with Gasteiger partial charge in [0.15, 0.2) is 0 Å². The van der Waals surface area contributed by atoms with Crippen molar-refractivity contribution in [2.75, 3.05) is 18.4 Å². The monoisotopic (exact) mass is 344 g/mol. The second-order valence-electron chi connectivity index (χ2n) is 6.28. The van der Waals surface area contributed by atoms with E-state index >= 15 is 0 Å². The molecular weight excluding hydrogens is 323 g/mol. The molecule has 5 nitrogen and oxygen atoms in total. The lowest BCUT2D eigenvalue weighted by molar-refractivity contribution is 0.0793. The van der Waals surface area contributed by atoms with E-state index in [2.05, 4.69) is 10.2 Å². The van der Waals surface area contributed by atoms with Crippen molar-refractivity contribution in [3.8, 4) is 5.75 Å². The average molecular weight is 344 g/mol. The number of hydrogen-bond donors (Lipinski definition) is 3. The zero-order valence-electron chi connectivity index (χ0n) is 13.8. The fraction of sp³-hybridized carbons (Fsp3) is 0.316. The molecule has 1 aliphatic rings. The van der Waals surface area contributed by atoms with Crippen LogP contribution in [0.4, 0.5) is 10.1 Å². The number of benzene rings is 2. The quantitative estimate of drug-likeness (QED) is 0.797. The minimum atomic E-state index is -0.580. The Morgan fingerprint density at radius 1 is 1.20 bits per heavy atom. The lowest BCUT2D eigenvalue weighted by atomic mass is 10.1. The molecule has 0 bridgehead atoms. The molecule has 1 amide bonds. The van der Waals surface area contributed by atoms with E-state index in [9.17, 15) is 19.4 Å². The van der Waals surface area contributed by atoms with Gasteiger partial charge in [-0.05, 0) is 42.7 Å². The van der Waals surface area contributed by atoms with Crippen LogP contribution in [-0.4, -0.2) is 40.2 Å². The first-order valence-corrected chi connectivity index (χ1v) is 8.31. The highest BCUT2D eigenvalue weighted by atomic mass is 19.1. The van der Waals surface area contributed by atoms with Crippen molar-refractivity contribution in [2.24, 2.45) is 0 Å². The molecular formula is C19H21FN2O3. The number of para-hydroxylation sites is 1. The van der Waals surface area contributed by atoms with Crippen LogP contribution in [0.3, 0.4) is 0 Å². The lowest BCUT2D eigenvalue weighted by Gasteiger charge is -2.30. The number of aromatic hydroxyl groups is 1. The molecule has 0 saturated carbocycles. The summed E-state index contributed by atoms with van der Waals surface area (Å²) < 4.78 is 13.3. The maximum atomic E-state index is 13.3. The number of piperidine rings is 1. The fourth-order valence-corrected chi connectivity index (χ4v) is 2.98. The van der Waals surface area contributed by atoms with E-state index in [-0.39, 0.29) is 17.4 Å². The Kier molecular flexibility index (Phi) is 5.31. The van der Waals surface area contributed by atoms with E-state index in [1.807, 2.05) is 18.2 Å². The number of carbonyl (C=O) groups excluding carboxylic acids is 1. The van der Waals surface area contributed by atoms with E-state index in [0.717, 1.165) is 49.7 Å². The molecule has 0 radical (unpaired) electrons. The molecule has 0 aliphatic carbocycles. The van der Waals surface area contributed by atoms with Crippen molar-refractivity contribution in [3.63, 3.8) is 0 Å². The summed E-state index contributed by atoms with van der Waals surface area (Å²) >= 11 is 0. The zero-order valence-corrected chi connectivity index (χ0v) is 13.8. The number of nitrogens with zero attached hydrogens (tertiary/aromatic N) is 1. The summed E-state index contributed by atoms with van der Waals surface area (Å²) in [6.45, 7) is 2.25. The molecule has 1 aliphatic heterocycles. The molecule has 0 spiro atoms. The molecule has 0 unspecified atom stereocenters. The third-order valence-electron chi connectivity index (χ3n) is 4.42. The second kappa shape index (κ2) is 7.63. The highest BCUT2D eigenvalue weighted by Crippen LogP contribution is 2.23. The maximum Gasteiger partial charge on any atom is 0.259 e. The summed E-state index contributed by atoms with van der Waals surface area (Å²) in [7, 11) is 0. The number of aliphatic hydroxyl groups is 1. The first-order valence-electron chi connectivity index (χ1n) is 8.31. The van der Waals surface area contributed by atoms with Crippen LogP contribution in [0.2, 0.25) is 0 Å². The van der Waals surface area contributed by atoms with Gasteiger partial charge in [0, 0.05) is 25.3 Å². The topological polar surface area (TPSA) is 72.8 Å². The lowest BCUT2D eigenvalue weighted by Crippen LogP contribution is -2.35. The van der Waals surface area contributed by atoms with Crippen molar-refractivity contribution in [1.29, 1.82) is 0 Å². The zero-order chi connectivity index (χ0) is 17.8. The summed E-state index contributed by atoms with van der Waals surface area (Å²) in [5, 5.41) is 22.1. The van der Waals surface area contributed by atoms with Crippen molar-refractivity contribution in [2.45, 2.75) is 25.5 Å². The molecule has 3 rings (SSSR count). The van der Waals surface area contributed by atoms with E-state index in [4.69, 9.17) is 0 Å². The molecule has 0 aromatic heterocycles. The molecule has 0 atom stereocenters. The van der Waals surface area contributed by atoms with Crippen LogP contribution in [0.25, 0.3) is 0 Å². The molecule has 1 saturated heterocycles. The van der Waals surface area contributed by atoms with Gasteiger partial charge in [-0.15, -0.1) is 0 Å². The van der Waals surface area contributed by atoms with Crippen LogP contribution < -0.4 is 5.32 Å². The van der Waals surface area contributed by atoms with Gasteiger partial charge in [0.05, 0.1) is 11.7 Å². The molecule has 3 N–H and O–H groups in total. The van der Waals surface area contributed by atoms with Gasteiger partial charge in [-0.2, -0.15) is 0 Å². The largest absolute Gasteiger partial charge is 0.507 e. The third-order valence-corrected chi connectivity index (χ3v) is 4.42. The number of rotatable bonds is 4. The predicted octanol–water partition coefficient (Wildman–Crippen LogP) is 2.74. The molecule has 2 aromatic rings. The summed E-state index contributed by atoms with van der Waals surface area (Å²) in [5.74, 6) is -1.40. The van der Waals surface area contributed by atoms with E-state index < -0.39 is 11.7 Å². The van der Waals surface area contributed by atoms with E-state index in [0.29, 0.717) is 12.2 Å². The van der Waals surface area contributed by atoms with Gasteiger partial charge in [0.1, 0.15) is 11.6 Å². The van der Waals surface area contributed by atoms with E-state index in [1.165, 1.54) is 0 Å². The van der Waals surface area contributed by atoms with Gasteiger partial charge in [-0.3, -0.25) is 9.69 Å². The average Bonchev–Trinajstić information content (AvgIpc) is 2.60. The van der Waals surface area contributed by atoms with Crippen molar-refractivity contribution < 1.29 is 19.4 Å². The Labute approximate surface area is 145 Å². The van der Waals surface area contributed by atoms with Crippen LogP contribution >= 0.6 is 0 Å². The summed E-state index contributed by atoms with van der Waals surface area (Å²) in [4.78, 5) is 14.6. The number of likely N-dealkylation sites (tertiary alicyclic amines) is 1. The number of amides is 1. The molecule has 25 heavy (non-hydrogen) atoms. The number of nitrogens with one attached hydrogen (secondary N) is 1. The van der Waals surface area contributed by atoms with Crippen LogP contribution in [0.1, 0.15) is 28.8 Å². The fourth-order valence-electron chi connectivity index (χ4n) is 2.98. The normalized spacial score (nSPS) is 15.9. The number of hydrogen-bond acceptors (Lipinski definition) is 4. The van der Waals surface area contributed by atoms with Gasteiger partial charge < -0.3 is 15.5 Å². The number of phenolic OH excluding ortho intramolecular Hbond substituents is 1. The molecule has 1 fully saturated rings. The Balaban J connectivity index is 1.74. The van der Waals surface area contributed by atoms with Gasteiger partial charge in [-0.1, -0.05) is 18.2 Å². The van der Waals surface area contributed by atoms with Crippen molar-refractivity contribution in [3.05, 3.63) is 59.4 Å². The summed E-state index contributed by atoms with van der Waals surface area (Å²) in [6, 6.07) is 10.7. The summed E-state index contributed by atoms with van der Waals surface area (Å²) in [6.07, 6.45) is 1.25. The number of aliphatic hydroxyl groups excluding tert-OH is 1. The molecule has 6 heteroatoms. The maximum absolute atomic E-state index is 13.3. The first kappa shape index (κ1) is 17.4. The second-order valence-corrected chi connectivity index (χ2v) is 6.28. The van der Waals surface area contributed by atoms with Gasteiger partial charge in [-0.25, -0.2) is 4.39 Å². The van der Waals surface area contributed by atoms with Gasteiger partial charge >= 0.3 is 0 Å². The van der Waals surface area contributed by atoms with Crippen LogP contribution in [0.15, 0.2) is 42.5 Å². The van der Waals surface area contributed by atoms with Crippen LogP contribution in [-0.2, 0) is 6.54 Å². The third kappa shape index (κ3) is 4.35. The SMILES string of the molecule is O=C(Nc1ccccc1CN1CCC(O)CC1)c1cc(F)ccc1O. The molecule has 1 heterocycles. The molecule has 2 aromatic carbocycles. The highest BCUT2D eigenvalue weighted by Gasteiger charge is 2.19. The number of carbonyl (C=O) groups is 1.